The maximum atomic E-state index is 12.0. The first kappa shape index (κ1) is 16.5. The van der Waals surface area contributed by atoms with Crippen LogP contribution in [-0.4, -0.2) is 27.0 Å². The van der Waals surface area contributed by atoms with Crippen molar-refractivity contribution >= 4 is 15.9 Å². The van der Waals surface area contributed by atoms with Gasteiger partial charge in [-0.2, -0.15) is 0 Å². The van der Waals surface area contributed by atoms with Gasteiger partial charge in [-0.25, -0.2) is 13.6 Å². The van der Waals surface area contributed by atoms with Crippen LogP contribution in [-0.2, 0) is 10.0 Å². The van der Waals surface area contributed by atoms with Gasteiger partial charge in [0, 0.05) is 11.6 Å². The van der Waals surface area contributed by atoms with Crippen molar-refractivity contribution in [2.45, 2.75) is 38.1 Å². The van der Waals surface area contributed by atoms with Crippen molar-refractivity contribution in [1.82, 2.24) is 5.32 Å². The van der Waals surface area contributed by atoms with Crippen molar-refractivity contribution in [3.63, 3.8) is 0 Å². The molecule has 112 valence electrons. The zero-order valence-corrected chi connectivity index (χ0v) is 12.7. The molecule has 1 aromatic rings. The van der Waals surface area contributed by atoms with Crippen molar-refractivity contribution < 1.29 is 17.9 Å². The summed E-state index contributed by atoms with van der Waals surface area (Å²) in [5.74, 6) is -0.192. The van der Waals surface area contributed by atoms with Crippen molar-refractivity contribution in [2.75, 3.05) is 6.61 Å². The van der Waals surface area contributed by atoms with Gasteiger partial charge in [0.25, 0.3) is 5.91 Å². The van der Waals surface area contributed by atoms with Gasteiger partial charge in [-0.3, -0.25) is 4.79 Å². The predicted octanol–water partition coefficient (Wildman–Crippen LogP) is 1.26. The number of nitrogens with two attached hydrogens (primary N) is 1. The second kappa shape index (κ2) is 6.71. The summed E-state index contributed by atoms with van der Waals surface area (Å²) >= 11 is 0. The predicted molar refractivity (Wildman–Crippen MR) is 76.2 cm³/mol. The molecule has 0 aliphatic heterocycles. The van der Waals surface area contributed by atoms with Gasteiger partial charge < -0.3 is 10.1 Å². The Morgan fingerprint density at radius 2 is 2.05 bits per heavy atom. The molecule has 0 radical (unpaired) electrons. The minimum atomic E-state index is -3.95. The number of hydrogen-bond acceptors (Lipinski definition) is 4. The van der Waals surface area contributed by atoms with E-state index in [1.54, 1.807) is 6.92 Å². The van der Waals surface area contributed by atoms with E-state index in [0.29, 0.717) is 6.61 Å². The number of primary sulfonamides is 1. The lowest BCUT2D eigenvalue weighted by atomic mass is 10.2. The lowest BCUT2D eigenvalue weighted by Gasteiger charge is -2.13. The standard InChI is InChI=1S/C13H20N2O4S/c1-4-9(3)15-13(16)10-6-7-11(19-5-2)12(8-10)20(14,17)18/h6-9H,4-5H2,1-3H3,(H,15,16)(H2,14,17,18). The molecule has 0 aromatic heterocycles. The molecule has 0 fully saturated rings. The number of carbonyl (C=O) groups excluding carboxylic acids is 1. The first-order chi connectivity index (χ1) is 9.29. The van der Waals surface area contributed by atoms with E-state index in [2.05, 4.69) is 5.32 Å². The number of ether oxygens (including phenoxy) is 1. The summed E-state index contributed by atoms with van der Waals surface area (Å²) in [5.41, 5.74) is 0.234. The molecule has 0 saturated carbocycles. The second-order valence-corrected chi connectivity index (χ2v) is 5.95. The molecule has 0 heterocycles. The number of rotatable bonds is 6. The van der Waals surface area contributed by atoms with Crippen LogP contribution in [0, 0.1) is 0 Å². The Labute approximate surface area is 119 Å². The fourth-order valence-corrected chi connectivity index (χ4v) is 2.25. The lowest BCUT2D eigenvalue weighted by molar-refractivity contribution is 0.0939. The highest BCUT2D eigenvalue weighted by molar-refractivity contribution is 7.89. The van der Waals surface area contributed by atoms with Crippen LogP contribution < -0.4 is 15.2 Å². The molecular formula is C13H20N2O4S. The van der Waals surface area contributed by atoms with E-state index in [1.807, 2.05) is 13.8 Å². The Morgan fingerprint density at radius 3 is 2.55 bits per heavy atom. The summed E-state index contributed by atoms with van der Waals surface area (Å²) in [6, 6.07) is 4.19. The molecule has 1 unspecified atom stereocenters. The molecule has 1 atom stereocenters. The summed E-state index contributed by atoms with van der Waals surface area (Å²) in [4.78, 5) is 11.8. The van der Waals surface area contributed by atoms with Crippen LogP contribution in [0.15, 0.2) is 23.1 Å². The quantitative estimate of drug-likeness (QED) is 0.826. The number of sulfonamides is 1. The van der Waals surface area contributed by atoms with Gasteiger partial charge in [0.05, 0.1) is 6.61 Å². The van der Waals surface area contributed by atoms with Gasteiger partial charge in [-0.05, 0) is 38.5 Å². The zero-order chi connectivity index (χ0) is 15.3. The molecule has 0 saturated heterocycles. The molecule has 1 aromatic carbocycles. The fourth-order valence-electron chi connectivity index (χ4n) is 1.56. The largest absolute Gasteiger partial charge is 0.492 e. The van der Waals surface area contributed by atoms with Crippen molar-refractivity contribution in [3.05, 3.63) is 23.8 Å². The summed E-state index contributed by atoms with van der Waals surface area (Å²) < 4.78 is 28.3. The van der Waals surface area contributed by atoms with Gasteiger partial charge in [0.2, 0.25) is 10.0 Å². The smallest absolute Gasteiger partial charge is 0.251 e. The number of carbonyl (C=O) groups is 1. The van der Waals surface area contributed by atoms with Crippen LogP contribution in [0.1, 0.15) is 37.6 Å². The van der Waals surface area contributed by atoms with E-state index in [1.165, 1.54) is 18.2 Å². The van der Waals surface area contributed by atoms with Crippen molar-refractivity contribution in [3.8, 4) is 5.75 Å². The zero-order valence-electron chi connectivity index (χ0n) is 11.8. The average molecular weight is 300 g/mol. The molecule has 0 spiro atoms. The van der Waals surface area contributed by atoms with E-state index in [0.717, 1.165) is 6.42 Å². The Hall–Kier alpha value is -1.60. The Balaban J connectivity index is 3.16. The number of hydrogen-bond donors (Lipinski definition) is 2. The molecule has 1 rings (SSSR count). The van der Waals surface area contributed by atoms with E-state index in [9.17, 15) is 13.2 Å². The average Bonchev–Trinajstić information content (AvgIpc) is 2.38. The van der Waals surface area contributed by atoms with Gasteiger partial charge in [0.15, 0.2) is 0 Å². The second-order valence-electron chi connectivity index (χ2n) is 4.42. The van der Waals surface area contributed by atoms with Gasteiger partial charge >= 0.3 is 0 Å². The topological polar surface area (TPSA) is 98.5 Å². The molecule has 6 nitrogen and oxygen atoms in total. The van der Waals surface area contributed by atoms with Crippen molar-refractivity contribution in [1.29, 1.82) is 0 Å². The van der Waals surface area contributed by atoms with Crippen LogP contribution in [0.5, 0.6) is 5.75 Å². The number of benzene rings is 1. The Bertz CT molecular complexity index is 584. The molecular weight excluding hydrogens is 280 g/mol. The third-order valence-corrected chi connectivity index (χ3v) is 3.73. The SMILES string of the molecule is CCOc1ccc(C(=O)NC(C)CC)cc1S(N)(=O)=O. The maximum absolute atomic E-state index is 12.0. The summed E-state index contributed by atoms with van der Waals surface area (Å²) in [6.07, 6.45) is 0.783. The Kier molecular flexibility index (Phi) is 5.52. The highest BCUT2D eigenvalue weighted by Crippen LogP contribution is 2.24. The van der Waals surface area contributed by atoms with Crippen LogP contribution >= 0.6 is 0 Å². The first-order valence-electron chi connectivity index (χ1n) is 6.40. The third-order valence-electron chi connectivity index (χ3n) is 2.80. The van der Waals surface area contributed by atoms with Crippen LogP contribution in [0.4, 0.5) is 0 Å². The summed E-state index contributed by atoms with van der Waals surface area (Å²) in [5, 5.41) is 7.91. The Morgan fingerprint density at radius 1 is 1.40 bits per heavy atom. The molecule has 7 heteroatoms. The minimum absolute atomic E-state index is 0.00648. The van der Waals surface area contributed by atoms with Crippen LogP contribution in [0.25, 0.3) is 0 Å². The normalized spacial score (nSPS) is 12.8. The highest BCUT2D eigenvalue weighted by Gasteiger charge is 2.18. The summed E-state index contributed by atoms with van der Waals surface area (Å²) in [6.45, 7) is 5.85. The van der Waals surface area contributed by atoms with Crippen LogP contribution in [0.2, 0.25) is 0 Å². The minimum Gasteiger partial charge on any atom is -0.492 e. The highest BCUT2D eigenvalue weighted by atomic mass is 32.2. The molecule has 1 amide bonds. The molecule has 0 aliphatic carbocycles. The fraction of sp³-hybridized carbons (Fsp3) is 0.462. The van der Waals surface area contributed by atoms with Gasteiger partial charge in [-0.1, -0.05) is 6.92 Å². The van der Waals surface area contributed by atoms with Gasteiger partial charge in [0.1, 0.15) is 10.6 Å². The number of amides is 1. The van der Waals surface area contributed by atoms with E-state index >= 15 is 0 Å². The molecule has 0 bridgehead atoms. The first-order valence-corrected chi connectivity index (χ1v) is 7.94. The molecule has 3 N–H and O–H groups in total. The van der Waals surface area contributed by atoms with E-state index < -0.39 is 10.0 Å². The third kappa shape index (κ3) is 4.21. The lowest BCUT2D eigenvalue weighted by Crippen LogP contribution is -2.32. The van der Waals surface area contributed by atoms with Gasteiger partial charge in [-0.15, -0.1) is 0 Å². The maximum Gasteiger partial charge on any atom is 0.251 e. The van der Waals surface area contributed by atoms with Crippen LogP contribution in [0.3, 0.4) is 0 Å². The number of nitrogens with one attached hydrogen (secondary N) is 1. The molecule has 0 aliphatic rings. The van der Waals surface area contributed by atoms with E-state index in [4.69, 9.17) is 9.88 Å². The molecule has 20 heavy (non-hydrogen) atoms. The van der Waals surface area contributed by atoms with E-state index in [-0.39, 0.29) is 28.2 Å². The van der Waals surface area contributed by atoms with Crippen molar-refractivity contribution in [2.24, 2.45) is 5.14 Å². The summed E-state index contributed by atoms with van der Waals surface area (Å²) in [7, 11) is -3.95. The monoisotopic (exact) mass is 300 g/mol.